The van der Waals surface area contributed by atoms with Crippen molar-refractivity contribution in [1.29, 1.82) is 0 Å². The highest BCUT2D eigenvalue weighted by molar-refractivity contribution is 9.10. The van der Waals surface area contributed by atoms with E-state index in [9.17, 15) is 18.0 Å². The van der Waals surface area contributed by atoms with Crippen LogP contribution < -0.4 is 5.32 Å². The summed E-state index contributed by atoms with van der Waals surface area (Å²) in [6.07, 6.45) is -3.66. The molecule has 2 heterocycles. The molecule has 6 nitrogen and oxygen atoms in total. The van der Waals surface area contributed by atoms with Crippen LogP contribution in [-0.2, 0) is 12.7 Å². The van der Waals surface area contributed by atoms with Gasteiger partial charge in [0.2, 0.25) is 0 Å². The Labute approximate surface area is 167 Å². The van der Waals surface area contributed by atoms with Crippen molar-refractivity contribution >= 4 is 38.6 Å². The maximum absolute atomic E-state index is 12.6. The van der Waals surface area contributed by atoms with Crippen molar-refractivity contribution in [2.75, 3.05) is 5.32 Å². The van der Waals surface area contributed by atoms with Crippen LogP contribution in [0, 0.1) is 5.41 Å². The molecule has 0 aliphatic carbocycles. The highest BCUT2D eigenvalue weighted by atomic mass is 79.9. The Morgan fingerprint density at radius 3 is 2.46 bits per heavy atom. The quantitative estimate of drug-likeness (QED) is 0.608. The molecule has 0 aliphatic heterocycles. The van der Waals surface area contributed by atoms with Gasteiger partial charge in [-0.3, -0.25) is 9.78 Å². The number of halogens is 4. The van der Waals surface area contributed by atoms with Crippen molar-refractivity contribution in [1.82, 2.24) is 20.0 Å². The summed E-state index contributed by atoms with van der Waals surface area (Å²) >= 11 is 3.42. The largest absolute Gasteiger partial charge is 0.433 e. The lowest BCUT2D eigenvalue weighted by molar-refractivity contribution is -0.141. The molecule has 10 heteroatoms. The van der Waals surface area contributed by atoms with Crippen LogP contribution in [0.2, 0.25) is 0 Å². The molecular weight excluding hydrogens is 439 g/mol. The van der Waals surface area contributed by atoms with Gasteiger partial charge in [-0.2, -0.15) is 13.2 Å². The van der Waals surface area contributed by atoms with Crippen LogP contribution in [-0.4, -0.2) is 25.9 Å². The summed E-state index contributed by atoms with van der Waals surface area (Å²) < 4.78 is 40.1. The van der Waals surface area contributed by atoms with Crippen molar-refractivity contribution in [3.63, 3.8) is 0 Å². The molecule has 1 amide bonds. The number of hydrogen-bond acceptors (Lipinski definition) is 4. The third-order valence-electron chi connectivity index (χ3n) is 3.81. The van der Waals surface area contributed by atoms with Gasteiger partial charge in [-0.25, -0.2) is 4.68 Å². The Morgan fingerprint density at radius 1 is 1.18 bits per heavy atom. The van der Waals surface area contributed by atoms with Crippen LogP contribution >= 0.6 is 15.9 Å². The summed E-state index contributed by atoms with van der Waals surface area (Å²) in [6, 6.07) is 5.32. The molecule has 0 aliphatic rings. The van der Waals surface area contributed by atoms with Gasteiger partial charge in [0.15, 0.2) is 0 Å². The summed E-state index contributed by atoms with van der Waals surface area (Å²) in [4.78, 5) is 15.7. The van der Waals surface area contributed by atoms with Crippen LogP contribution in [0.15, 0.2) is 34.9 Å². The van der Waals surface area contributed by atoms with E-state index in [0.29, 0.717) is 22.2 Å². The summed E-state index contributed by atoms with van der Waals surface area (Å²) in [6.45, 7) is 6.92. The third-order valence-corrected chi connectivity index (χ3v) is 4.62. The number of rotatable bonds is 3. The molecule has 3 aromatic rings. The number of carbonyl (C=O) groups excluding carboxylic acids is 1. The molecule has 0 radical (unpaired) electrons. The van der Waals surface area contributed by atoms with Crippen molar-refractivity contribution in [2.24, 2.45) is 5.41 Å². The van der Waals surface area contributed by atoms with E-state index in [4.69, 9.17) is 0 Å². The van der Waals surface area contributed by atoms with Crippen LogP contribution in [0.4, 0.5) is 18.9 Å². The summed E-state index contributed by atoms with van der Waals surface area (Å²) in [5, 5.41) is 11.0. The van der Waals surface area contributed by atoms with Gasteiger partial charge in [0.05, 0.1) is 21.2 Å². The van der Waals surface area contributed by atoms with E-state index in [1.807, 2.05) is 0 Å². The number of alkyl halides is 3. The number of amides is 1. The molecule has 0 fully saturated rings. The normalized spacial score (nSPS) is 12.4. The Morgan fingerprint density at radius 2 is 1.89 bits per heavy atom. The van der Waals surface area contributed by atoms with Gasteiger partial charge in [-0.1, -0.05) is 26.0 Å². The van der Waals surface area contributed by atoms with E-state index in [0.717, 1.165) is 23.8 Å². The second kappa shape index (κ2) is 7.16. The molecule has 0 saturated heterocycles. The smallest absolute Gasteiger partial charge is 0.321 e. The maximum atomic E-state index is 12.6. The van der Waals surface area contributed by atoms with E-state index in [-0.39, 0.29) is 11.0 Å². The molecular formula is C18H17BrF3N5O. The fraction of sp³-hybridized carbons (Fsp3) is 0.333. The van der Waals surface area contributed by atoms with Crippen molar-refractivity contribution in [2.45, 2.75) is 33.5 Å². The Balaban J connectivity index is 1.84. The standard InChI is InChI=1S/C18H17BrF3N5O/c1-17(2,3)9-27-12-6-5-11(14(19)15(12)25-26-27)24-16(28)10-4-7-13(23-8-10)18(20,21)22/h4-8H,9H2,1-3H3,(H,24,28). The van der Waals surface area contributed by atoms with E-state index >= 15 is 0 Å². The van der Waals surface area contributed by atoms with Crippen LogP contribution in [0.25, 0.3) is 11.0 Å². The Hall–Kier alpha value is -2.49. The van der Waals surface area contributed by atoms with E-state index < -0.39 is 17.8 Å². The zero-order valence-corrected chi connectivity index (χ0v) is 16.9. The predicted molar refractivity (Wildman–Crippen MR) is 102 cm³/mol. The molecule has 1 N–H and O–H groups in total. The van der Waals surface area contributed by atoms with Gasteiger partial charge in [0, 0.05) is 12.7 Å². The second-order valence-electron chi connectivity index (χ2n) is 7.49. The van der Waals surface area contributed by atoms with Crippen LogP contribution in [0.3, 0.4) is 0 Å². The number of nitrogens with one attached hydrogen (secondary N) is 1. The highest BCUT2D eigenvalue weighted by Crippen LogP contribution is 2.32. The highest BCUT2D eigenvalue weighted by Gasteiger charge is 2.32. The average Bonchev–Trinajstić information content (AvgIpc) is 2.98. The van der Waals surface area contributed by atoms with Crippen molar-refractivity contribution in [3.8, 4) is 0 Å². The fourth-order valence-electron chi connectivity index (χ4n) is 2.56. The number of nitrogens with zero attached hydrogens (tertiary/aromatic N) is 4. The van der Waals surface area contributed by atoms with Crippen LogP contribution in [0.1, 0.15) is 36.8 Å². The van der Waals surface area contributed by atoms with Crippen molar-refractivity contribution in [3.05, 3.63) is 46.2 Å². The van der Waals surface area contributed by atoms with Gasteiger partial charge >= 0.3 is 6.18 Å². The Bertz CT molecular complexity index is 1020. The molecule has 148 valence electrons. The molecule has 0 unspecified atom stereocenters. The van der Waals surface area contributed by atoms with Gasteiger partial charge in [-0.15, -0.1) is 5.10 Å². The number of anilines is 1. The lowest BCUT2D eigenvalue weighted by Crippen LogP contribution is -2.16. The Kier molecular flexibility index (Phi) is 5.18. The topological polar surface area (TPSA) is 72.7 Å². The molecule has 1 aromatic carbocycles. The number of benzene rings is 1. The minimum atomic E-state index is -4.55. The van der Waals surface area contributed by atoms with E-state index in [1.54, 1.807) is 16.8 Å². The van der Waals surface area contributed by atoms with E-state index in [1.165, 1.54) is 0 Å². The zero-order valence-electron chi connectivity index (χ0n) is 15.3. The minimum absolute atomic E-state index is 0.00950. The summed E-state index contributed by atoms with van der Waals surface area (Å²) in [7, 11) is 0. The SMILES string of the molecule is CC(C)(C)Cn1nnc2c(Br)c(NC(=O)c3ccc(C(F)(F)F)nc3)ccc21. The minimum Gasteiger partial charge on any atom is -0.321 e. The summed E-state index contributed by atoms with van der Waals surface area (Å²) in [5.41, 5.74) is 0.776. The number of aromatic nitrogens is 4. The molecule has 0 spiro atoms. The average molecular weight is 456 g/mol. The molecule has 28 heavy (non-hydrogen) atoms. The first-order valence-electron chi connectivity index (χ1n) is 8.32. The summed E-state index contributed by atoms with van der Waals surface area (Å²) in [5.74, 6) is -0.580. The van der Waals surface area contributed by atoms with Gasteiger partial charge < -0.3 is 5.32 Å². The molecule has 2 aromatic heterocycles. The van der Waals surface area contributed by atoms with E-state index in [2.05, 4.69) is 57.3 Å². The molecule has 0 saturated carbocycles. The van der Waals surface area contributed by atoms with Gasteiger partial charge in [0.25, 0.3) is 5.91 Å². The van der Waals surface area contributed by atoms with Crippen molar-refractivity contribution < 1.29 is 18.0 Å². The number of hydrogen-bond donors (Lipinski definition) is 1. The number of carbonyl (C=O) groups is 1. The zero-order chi connectivity index (χ0) is 20.7. The monoisotopic (exact) mass is 455 g/mol. The molecule has 0 bridgehead atoms. The lowest BCUT2D eigenvalue weighted by Gasteiger charge is -2.18. The number of fused-ring (bicyclic) bond motifs is 1. The lowest BCUT2D eigenvalue weighted by atomic mass is 9.97. The van der Waals surface area contributed by atoms with Gasteiger partial charge in [0.1, 0.15) is 11.2 Å². The molecule has 0 atom stereocenters. The van der Waals surface area contributed by atoms with Gasteiger partial charge in [-0.05, 0) is 45.6 Å². The number of pyridine rings is 1. The molecule has 3 rings (SSSR count). The second-order valence-corrected chi connectivity index (χ2v) is 8.28. The predicted octanol–water partition coefficient (Wildman–Crippen LogP) is 4.91. The maximum Gasteiger partial charge on any atom is 0.433 e. The fourth-order valence-corrected chi connectivity index (χ4v) is 3.07. The first-order chi connectivity index (χ1) is 13.0. The first-order valence-corrected chi connectivity index (χ1v) is 9.11. The first kappa shape index (κ1) is 20.2. The van der Waals surface area contributed by atoms with Crippen LogP contribution in [0.5, 0.6) is 0 Å². The third kappa shape index (κ3) is 4.32.